The fourth-order valence-corrected chi connectivity index (χ4v) is 1.63. The Labute approximate surface area is 113 Å². The van der Waals surface area contributed by atoms with Gasteiger partial charge in [0, 0.05) is 4.47 Å². The van der Waals surface area contributed by atoms with E-state index in [2.05, 4.69) is 25.9 Å². The van der Waals surface area contributed by atoms with E-state index in [-0.39, 0.29) is 0 Å². The topological polar surface area (TPSA) is 35.0 Å². The molecule has 3 nitrogen and oxygen atoms in total. The van der Waals surface area contributed by atoms with E-state index >= 15 is 0 Å². The number of hydrogen-bond acceptors (Lipinski definition) is 3. The molecule has 0 aliphatic carbocycles. The van der Waals surface area contributed by atoms with Gasteiger partial charge in [0.2, 0.25) is 5.88 Å². The van der Waals surface area contributed by atoms with Crippen LogP contribution >= 0.6 is 27.5 Å². The number of rotatable bonds is 4. The Morgan fingerprint density at radius 2 is 1.88 bits per heavy atom. The SMILES string of the molecule is ClCc1cnc(OCc2ccc(Br)cc2)cn1. The number of ether oxygens (including phenoxy) is 1. The molecule has 0 atom stereocenters. The number of nitrogens with zero attached hydrogens (tertiary/aromatic N) is 2. The van der Waals surface area contributed by atoms with Gasteiger partial charge in [0.25, 0.3) is 0 Å². The average Bonchev–Trinajstić information content (AvgIpc) is 2.39. The molecule has 0 fully saturated rings. The second kappa shape index (κ2) is 5.98. The van der Waals surface area contributed by atoms with Gasteiger partial charge in [0.15, 0.2) is 0 Å². The van der Waals surface area contributed by atoms with E-state index < -0.39 is 0 Å². The molecule has 0 bridgehead atoms. The van der Waals surface area contributed by atoms with Crippen LogP contribution in [0, 0.1) is 0 Å². The number of aromatic nitrogens is 2. The standard InChI is InChI=1S/C12H10BrClN2O/c13-10-3-1-9(2-4-10)8-17-12-7-15-11(5-14)6-16-12/h1-4,6-7H,5,8H2. The molecule has 0 saturated carbocycles. The molecule has 88 valence electrons. The number of benzene rings is 1. The average molecular weight is 314 g/mol. The van der Waals surface area contributed by atoms with Crippen LogP contribution in [0.15, 0.2) is 41.1 Å². The van der Waals surface area contributed by atoms with Crippen molar-refractivity contribution in [1.29, 1.82) is 0 Å². The first kappa shape index (κ1) is 12.3. The highest BCUT2D eigenvalue weighted by Crippen LogP contribution is 2.13. The van der Waals surface area contributed by atoms with Crippen LogP contribution in [0.25, 0.3) is 0 Å². The zero-order valence-corrected chi connectivity index (χ0v) is 11.3. The van der Waals surface area contributed by atoms with Crippen LogP contribution in [-0.2, 0) is 12.5 Å². The Balaban J connectivity index is 1.95. The second-order valence-corrected chi connectivity index (χ2v) is 4.58. The highest BCUT2D eigenvalue weighted by molar-refractivity contribution is 9.10. The van der Waals surface area contributed by atoms with Gasteiger partial charge in [-0.05, 0) is 17.7 Å². The molecular formula is C12H10BrClN2O. The molecular weight excluding hydrogens is 304 g/mol. The summed E-state index contributed by atoms with van der Waals surface area (Å²) in [4.78, 5) is 8.20. The van der Waals surface area contributed by atoms with Gasteiger partial charge >= 0.3 is 0 Å². The van der Waals surface area contributed by atoms with E-state index in [1.165, 1.54) is 0 Å². The van der Waals surface area contributed by atoms with Gasteiger partial charge in [-0.15, -0.1) is 11.6 Å². The molecule has 0 aliphatic rings. The molecule has 0 amide bonds. The summed E-state index contributed by atoms with van der Waals surface area (Å²) in [5.74, 6) is 0.863. The van der Waals surface area contributed by atoms with Crippen molar-refractivity contribution in [3.8, 4) is 5.88 Å². The second-order valence-electron chi connectivity index (χ2n) is 3.39. The van der Waals surface area contributed by atoms with Crippen LogP contribution in [0.1, 0.15) is 11.3 Å². The van der Waals surface area contributed by atoms with E-state index in [0.717, 1.165) is 15.7 Å². The maximum Gasteiger partial charge on any atom is 0.232 e. The van der Waals surface area contributed by atoms with Crippen molar-refractivity contribution in [2.24, 2.45) is 0 Å². The quantitative estimate of drug-likeness (QED) is 0.810. The minimum Gasteiger partial charge on any atom is -0.472 e. The minimum absolute atomic E-state index is 0.361. The Kier molecular flexibility index (Phi) is 4.34. The Morgan fingerprint density at radius 3 is 2.47 bits per heavy atom. The number of alkyl halides is 1. The normalized spacial score (nSPS) is 10.2. The monoisotopic (exact) mass is 312 g/mol. The molecule has 2 rings (SSSR count). The van der Waals surface area contributed by atoms with Crippen LogP contribution in [0.4, 0.5) is 0 Å². The van der Waals surface area contributed by atoms with Crippen molar-refractivity contribution in [2.75, 3.05) is 0 Å². The third-order valence-corrected chi connectivity index (χ3v) is 2.92. The molecule has 5 heteroatoms. The van der Waals surface area contributed by atoms with Crippen molar-refractivity contribution >= 4 is 27.5 Å². The molecule has 17 heavy (non-hydrogen) atoms. The largest absolute Gasteiger partial charge is 0.472 e. The van der Waals surface area contributed by atoms with Crippen molar-refractivity contribution < 1.29 is 4.74 Å². The zero-order chi connectivity index (χ0) is 12.1. The summed E-state index contributed by atoms with van der Waals surface area (Å²) in [6, 6.07) is 7.93. The first-order valence-electron chi connectivity index (χ1n) is 5.02. The van der Waals surface area contributed by atoms with Gasteiger partial charge in [0.1, 0.15) is 6.61 Å². The van der Waals surface area contributed by atoms with Crippen molar-refractivity contribution in [3.63, 3.8) is 0 Å². The van der Waals surface area contributed by atoms with Gasteiger partial charge in [-0.25, -0.2) is 4.98 Å². The van der Waals surface area contributed by atoms with Crippen LogP contribution in [0.3, 0.4) is 0 Å². The number of halogens is 2. The third-order valence-electron chi connectivity index (χ3n) is 2.12. The summed E-state index contributed by atoms with van der Waals surface area (Å²) in [5.41, 5.74) is 1.82. The van der Waals surface area contributed by atoms with Crippen molar-refractivity contribution in [2.45, 2.75) is 12.5 Å². The van der Waals surface area contributed by atoms with Gasteiger partial charge in [-0.1, -0.05) is 28.1 Å². The van der Waals surface area contributed by atoms with E-state index in [9.17, 15) is 0 Å². The molecule has 0 radical (unpaired) electrons. The van der Waals surface area contributed by atoms with Crippen LogP contribution in [0.2, 0.25) is 0 Å². The minimum atomic E-state index is 0.361. The highest BCUT2D eigenvalue weighted by Gasteiger charge is 1.99. The smallest absolute Gasteiger partial charge is 0.232 e. The van der Waals surface area contributed by atoms with Gasteiger partial charge in [-0.3, -0.25) is 4.98 Å². The first-order valence-corrected chi connectivity index (χ1v) is 6.35. The number of hydrogen-bond donors (Lipinski definition) is 0. The van der Waals surface area contributed by atoms with Crippen LogP contribution < -0.4 is 4.74 Å². The van der Waals surface area contributed by atoms with Gasteiger partial charge in [0.05, 0.1) is 24.0 Å². The first-order chi connectivity index (χ1) is 8.28. The fraction of sp³-hybridized carbons (Fsp3) is 0.167. The molecule has 0 aliphatic heterocycles. The van der Waals surface area contributed by atoms with Crippen LogP contribution in [0.5, 0.6) is 5.88 Å². The summed E-state index contributed by atoms with van der Waals surface area (Å²) < 4.78 is 6.55. The Morgan fingerprint density at radius 1 is 1.12 bits per heavy atom. The molecule has 0 N–H and O–H groups in total. The molecule has 0 spiro atoms. The Bertz CT molecular complexity index is 473. The predicted molar refractivity (Wildman–Crippen MR) is 70.1 cm³/mol. The van der Waals surface area contributed by atoms with E-state index in [1.807, 2.05) is 24.3 Å². The summed E-state index contributed by atoms with van der Waals surface area (Å²) >= 11 is 9.00. The molecule has 1 aromatic carbocycles. The van der Waals surface area contributed by atoms with Gasteiger partial charge < -0.3 is 4.74 Å². The molecule has 0 saturated heterocycles. The van der Waals surface area contributed by atoms with Crippen molar-refractivity contribution in [1.82, 2.24) is 9.97 Å². The lowest BCUT2D eigenvalue weighted by Gasteiger charge is -2.05. The lowest BCUT2D eigenvalue weighted by molar-refractivity contribution is 0.292. The summed E-state index contributed by atoms with van der Waals surface area (Å²) in [5, 5.41) is 0. The predicted octanol–water partition coefficient (Wildman–Crippen LogP) is 3.56. The molecule has 0 unspecified atom stereocenters. The molecule has 2 aromatic rings. The van der Waals surface area contributed by atoms with E-state index in [1.54, 1.807) is 12.4 Å². The van der Waals surface area contributed by atoms with Crippen molar-refractivity contribution in [3.05, 3.63) is 52.4 Å². The molecule has 1 heterocycles. The zero-order valence-electron chi connectivity index (χ0n) is 8.94. The van der Waals surface area contributed by atoms with E-state index in [4.69, 9.17) is 16.3 Å². The maximum atomic E-state index is 5.62. The summed E-state index contributed by atoms with van der Waals surface area (Å²) in [6.45, 7) is 0.474. The lowest BCUT2D eigenvalue weighted by atomic mass is 10.2. The lowest BCUT2D eigenvalue weighted by Crippen LogP contribution is -1.98. The maximum absolute atomic E-state index is 5.62. The summed E-state index contributed by atoms with van der Waals surface area (Å²) in [6.07, 6.45) is 3.19. The highest BCUT2D eigenvalue weighted by atomic mass is 79.9. The van der Waals surface area contributed by atoms with Gasteiger partial charge in [-0.2, -0.15) is 0 Å². The van der Waals surface area contributed by atoms with Crippen LogP contribution in [-0.4, -0.2) is 9.97 Å². The summed E-state index contributed by atoms with van der Waals surface area (Å²) in [7, 11) is 0. The fourth-order valence-electron chi connectivity index (χ4n) is 1.22. The van der Waals surface area contributed by atoms with E-state index in [0.29, 0.717) is 18.4 Å². The molecule has 1 aromatic heterocycles. The third kappa shape index (κ3) is 3.68. The Hall–Kier alpha value is -1.13.